The molecular formula is C26H26N2. The Bertz CT molecular complexity index is 1130. The van der Waals surface area contributed by atoms with Crippen molar-refractivity contribution in [3.63, 3.8) is 0 Å². The summed E-state index contributed by atoms with van der Waals surface area (Å²) in [6, 6.07) is 24.0. The summed E-state index contributed by atoms with van der Waals surface area (Å²) in [7, 11) is 0. The van der Waals surface area contributed by atoms with Crippen LogP contribution in [0.15, 0.2) is 66.7 Å². The van der Waals surface area contributed by atoms with Crippen molar-refractivity contribution in [1.82, 2.24) is 9.78 Å². The fourth-order valence-corrected chi connectivity index (χ4v) is 4.14. The van der Waals surface area contributed by atoms with E-state index in [2.05, 4.69) is 99.5 Å². The Labute approximate surface area is 167 Å². The fourth-order valence-electron chi connectivity index (χ4n) is 4.14. The number of nitrogens with zero attached hydrogens (tertiary/aromatic N) is 2. The van der Waals surface area contributed by atoms with Crippen LogP contribution in [0.5, 0.6) is 0 Å². The number of aryl methyl sites for hydroxylation is 5. The lowest BCUT2D eigenvalue weighted by Gasteiger charge is -2.16. The quantitative estimate of drug-likeness (QED) is 0.392. The lowest BCUT2D eigenvalue weighted by Crippen LogP contribution is -2.02. The minimum Gasteiger partial charge on any atom is -0.238 e. The SMILES string of the molecule is Cc1cc(C)n(-c2ccc(-c3c(C)cc(-c4ccccc4)cc3C)cc2C)n1. The van der Waals surface area contributed by atoms with Gasteiger partial charge in [-0.3, -0.25) is 0 Å². The molecule has 140 valence electrons. The molecule has 0 aliphatic rings. The van der Waals surface area contributed by atoms with Gasteiger partial charge in [-0.25, -0.2) is 4.68 Å². The molecule has 2 nitrogen and oxygen atoms in total. The van der Waals surface area contributed by atoms with E-state index in [1.54, 1.807) is 0 Å². The van der Waals surface area contributed by atoms with E-state index < -0.39 is 0 Å². The molecule has 4 aromatic rings. The molecule has 0 saturated carbocycles. The van der Waals surface area contributed by atoms with Gasteiger partial charge < -0.3 is 0 Å². The molecule has 28 heavy (non-hydrogen) atoms. The highest BCUT2D eigenvalue weighted by Gasteiger charge is 2.12. The maximum atomic E-state index is 4.64. The van der Waals surface area contributed by atoms with Crippen molar-refractivity contribution in [2.45, 2.75) is 34.6 Å². The van der Waals surface area contributed by atoms with Crippen molar-refractivity contribution >= 4 is 0 Å². The first-order chi connectivity index (χ1) is 13.4. The van der Waals surface area contributed by atoms with Crippen molar-refractivity contribution in [1.29, 1.82) is 0 Å². The smallest absolute Gasteiger partial charge is 0.0678 e. The average molecular weight is 367 g/mol. The minimum atomic E-state index is 1.05. The van der Waals surface area contributed by atoms with Crippen molar-refractivity contribution < 1.29 is 0 Å². The van der Waals surface area contributed by atoms with E-state index >= 15 is 0 Å². The fraction of sp³-hybridized carbons (Fsp3) is 0.192. The summed E-state index contributed by atoms with van der Waals surface area (Å²) in [6.07, 6.45) is 0. The number of hydrogen-bond acceptors (Lipinski definition) is 1. The van der Waals surface area contributed by atoms with Gasteiger partial charge in [0.15, 0.2) is 0 Å². The second-order valence-corrected chi connectivity index (χ2v) is 7.69. The monoisotopic (exact) mass is 366 g/mol. The van der Waals surface area contributed by atoms with Gasteiger partial charge in [-0.15, -0.1) is 0 Å². The predicted octanol–water partition coefficient (Wildman–Crippen LogP) is 6.75. The highest BCUT2D eigenvalue weighted by molar-refractivity contribution is 5.77. The molecule has 0 amide bonds. The Hall–Kier alpha value is -3.13. The lowest BCUT2D eigenvalue weighted by molar-refractivity contribution is 0.827. The van der Waals surface area contributed by atoms with Crippen LogP contribution in [0.25, 0.3) is 27.9 Å². The van der Waals surface area contributed by atoms with E-state index in [0.717, 1.165) is 17.1 Å². The molecule has 2 heteroatoms. The van der Waals surface area contributed by atoms with Crippen molar-refractivity contribution in [3.8, 4) is 27.9 Å². The zero-order chi connectivity index (χ0) is 19.8. The summed E-state index contributed by atoms with van der Waals surface area (Å²) in [5.74, 6) is 0. The largest absolute Gasteiger partial charge is 0.238 e. The number of hydrogen-bond donors (Lipinski definition) is 0. The summed E-state index contributed by atoms with van der Waals surface area (Å²) < 4.78 is 2.03. The van der Waals surface area contributed by atoms with Gasteiger partial charge in [0.05, 0.1) is 11.4 Å². The summed E-state index contributed by atoms with van der Waals surface area (Å²) >= 11 is 0. The summed E-state index contributed by atoms with van der Waals surface area (Å²) in [5, 5.41) is 4.64. The zero-order valence-electron chi connectivity index (χ0n) is 17.2. The standard InChI is InChI=1S/C26H26N2/c1-17-13-23(11-12-25(17)28-21(5)16-20(4)27-28)26-18(2)14-24(15-19(26)3)22-9-7-6-8-10-22/h6-16H,1-5H3. The van der Waals surface area contributed by atoms with Gasteiger partial charge in [-0.05, 0) is 91.8 Å². The van der Waals surface area contributed by atoms with Crippen LogP contribution in [-0.4, -0.2) is 9.78 Å². The maximum absolute atomic E-state index is 4.64. The molecule has 1 aromatic heterocycles. The third kappa shape index (κ3) is 3.27. The Balaban J connectivity index is 1.77. The van der Waals surface area contributed by atoms with Gasteiger partial charge in [0.1, 0.15) is 0 Å². The van der Waals surface area contributed by atoms with Crippen LogP contribution in [0.3, 0.4) is 0 Å². The second-order valence-electron chi connectivity index (χ2n) is 7.69. The molecule has 0 aliphatic heterocycles. The molecule has 1 heterocycles. The van der Waals surface area contributed by atoms with Crippen molar-refractivity contribution in [2.24, 2.45) is 0 Å². The van der Waals surface area contributed by atoms with Gasteiger partial charge in [0.25, 0.3) is 0 Å². The van der Waals surface area contributed by atoms with Crippen LogP contribution in [0.4, 0.5) is 0 Å². The molecule has 0 radical (unpaired) electrons. The minimum absolute atomic E-state index is 1.05. The van der Waals surface area contributed by atoms with Crippen LogP contribution in [0.1, 0.15) is 28.1 Å². The first-order valence-corrected chi connectivity index (χ1v) is 9.75. The van der Waals surface area contributed by atoms with Crippen LogP contribution in [0.2, 0.25) is 0 Å². The van der Waals surface area contributed by atoms with Gasteiger partial charge in [0, 0.05) is 5.69 Å². The van der Waals surface area contributed by atoms with E-state index in [0.29, 0.717) is 0 Å². The second kappa shape index (κ2) is 7.12. The van der Waals surface area contributed by atoms with E-state index in [1.807, 2.05) is 11.6 Å². The zero-order valence-corrected chi connectivity index (χ0v) is 17.2. The van der Waals surface area contributed by atoms with E-state index in [-0.39, 0.29) is 0 Å². The van der Waals surface area contributed by atoms with Gasteiger partial charge in [0.2, 0.25) is 0 Å². The lowest BCUT2D eigenvalue weighted by atomic mass is 9.90. The van der Waals surface area contributed by atoms with E-state index in [1.165, 1.54) is 38.9 Å². The Morgan fingerprint density at radius 2 is 1.25 bits per heavy atom. The number of rotatable bonds is 3. The third-order valence-electron chi connectivity index (χ3n) is 5.36. The molecule has 0 fully saturated rings. The molecule has 0 aliphatic carbocycles. The third-order valence-corrected chi connectivity index (χ3v) is 5.36. The predicted molar refractivity (Wildman–Crippen MR) is 118 cm³/mol. The van der Waals surface area contributed by atoms with Gasteiger partial charge >= 0.3 is 0 Å². The topological polar surface area (TPSA) is 17.8 Å². The molecule has 0 bridgehead atoms. The Morgan fingerprint density at radius 1 is 0.607 bits per heavy atom. The van der Waals surface area contributed by atoms with Crippen LogP contribution in [0, 0.1) is 34.6 Å². The van der Waals surface area contributed by atoms with Gasteiger partial charge in [-0.2, -0.15) is 5.10 Å². The van der Waals surface area contributed by atoms with Gasteiger partial charge in [-0.1, -0.05) is 48.5 Å². The van der Waals surface area contributed by atoms with Crippen molar-refractivity contribution in [3.05, 3.63) is 94.8 Å². The van der Waals surface area contributed by atoms with Crippen LogP contribution < -0.4 is 0 Å². The molecule has 3 aromatic carbocycles. The Morgan fingerprint density at radius 3 is 1.82 bits per heavy atom. The number of benzene rings is 3. The molecule has 0 atom stereocenters. The number of aromatic nitrogens is 2. The van der Waals surface area contributed by atoms with Crippen molar-refractivity contribution in [2.75, 3.05) is 0 Å². The summed E-state index contributed by atoms with van der Waals surface area (Å²) in [5.41, 5.74) is 12.3. The highest BCUT2D eigenvalue weighted by atomic mass is 15.3. The summed E-state index contributed by atoms with van der Waals surface area (Å²) in [4.78, 5) is 0. The van der Waals surface area contributed by atoms with Crippen LogP contribution in [-0.2, 0) is 0 Å². The Kier molecular flexibility index (Phi) is 4.64. The van der Waals surface area contributed by atoms with Crippen LogP contribution >= 0.6 is 0 Å². The molecule has 0 saturated heterocycles. The molecule has 0 N–H and O–H groups in total. The van der Waals surface area contributed by atoms with E-state index in [9.17, 15) is 0 Å². The molecular weight excluding hydrogens is 340 g/mol. The first-order valence-electron chi connectivity index (χ1n) is 9.75. The maximum Gasteiger partial charge on any atom is 0.0678 e. The molecule has 0 unspecified atom stereocenters. The normalized spacial score (nSPS) is 11.0. The average Bonchev–Trinajstić information content (AvgIpc) is 3.00. The molecule has 4 rings (SSSR count). The summed E-state index contributed by atoms with van der Waals surface area (Å²) in [6.45, 7) is 10.7. The molecule has 0 spiro atoms. The van der Waals surface area contributed by atoms with E-state index in [4.69, 9.17) is 0 Å². The highest BCUT2D eigenvalue weighted by Crippen LogP contribution is 2.33. The first kappa shape index (κ1) is 18.2.